The molecule has 2 aromatic heterocycles. The van der Waals surface area contributed by atoms with Gasteiger partial charge in [0.25, 0.3) is 5.91 Å². The largest absolute Gasteiger partial charge is 0.494 e. The summed E-state index contributed by atoms with van der Waals surface area (Å²) in [5, 5.41) is 0. The molecule has 2 saturated heterocycles. The van der Waals surface area contributed by atoms with E-state index in [9.17, 15) is 4.79 Å². The SMILES string of the molecule is COc1cc(C(=O)N2CC3C4C3C42)cc2nc(-c3cc4c(n3CC3CC3)CCC(Br)=C4)n(C)c12.CS. The zero-order valence-electron chi connectivity index (χ0n) is 20.9. The second kappa shape index (κ2) is 8.15. The van der Waals surface area contributed by atoms with Gasteiger partial charge in [0.1, 0.15) is 11.3 Å². The van der Waals surface area contributed by atoms with E-state index in [4.69, 9.17) is 9.72 Å². The fourth-order valence-electron chi connectivity index (χ4n) is 6.79. The smallest absolute Gasteiger partial charge is 0.254 e. The Kier molecular flexibility index (Phi) is 5.20. The number of thiol groups is 1. The Morgan fingerprint density at radius 3 is 2.64 bits per heavy atom. The third-order valence-corrected chi connectivity index (χ3v) is 9.52. The molecule has 8 heteroatoms. The minimum absolute atomic E-state index is 0.132. The summed E-state index contributed by atoms with van der Waals surface area (Å²) in [5.41, 5.74) is 6.33. The molecule has 9 rings (SSSR count). The Labute approximate surface area is 225 Å². The van der Waals surface area contributed by atoms with Crippen molar-refractivity contribution in [2.75, 3.05) is 19.9 Å². The lowest BCUT2D eigenvalue weighted by Crippen LogP contribution is -2.29. The van der Waals surface area contributed by atoms with Crippen LogP contribution in [0.5, 0.6) is 5.75 Å². The molecular formula is C28H31BrN4O2S. The molecule has 4 heterocycles. The van der Waals surface area contributed by atoms with E-state index in [-0.39, 0.29) is 5.91 Å². The van der Waals surface area contributed by atoms with Gasteiger partial charge in [0.2, 0.25) is 0 Å². The maximum Gasteiger partial charge on any atom is 0.254 e. The van der Waals surface area contributed by atoms with Gasteiger partial charge >= 0.3 is 0 Å². The fourth-order valence-corrected chi connectivity index (χ4v) is 7.23. The molecule has 2 aliphatic heterocycles. The van der Waals surface area contributed by atoms with Crippen molar-refractivity contribution in [1.29, 1.82) is 0 Å². The number of aromatic nitrogens is 3. The van der Waals surface area contributed by atoms with Crippen LogP contribution in [0.4, 0.5) is 0 Å². The number of carbonyl (C=O) groups is 1. The highest BCUT2D eigenvalue weighted by atomic mass is 79.9. The number of methoxy groups -OCH3 is 1. The number of carbonyl (C=O) groups excluding carboxylic acids is 1. The average Bonchev–Trinajstić information content (AvgIpc) is 3.83. The number of nitrogens with zero attached hydrogens (tertiary/aromatic N) is 4. The molecule has 0 N–H and O–H groups in total. The number of allylic oxidation sites excluding steroid dienone is 1. The normalized spacial score (nSPS) is 26.7. The molecule has 0 spiro atoms. The molecule has 6 aliphatic rings. The third-order valence-electron chi connectivity index (χ3n) is 8.89. The van der Waals surface area contributed by atoms with Gasteiger partial charge in [-0.15, -0.1) is 0 Å². The number of benzene rings is 1. The third kappa shape index (κ3) is 3.29. The number of amides is 1. The molecule has 3 aromatic rings. The van der Waals surface area contributed by atoms with Crippen LogP contribution in [0.15, 0.2) is 22.7 Å². The number of ether oxygens (including phenoxy) is 1. The van der Waals surface area contributed by atoms with Crippen LogP contribution in [-0.4, -0.2) is 50.9 Å². The van der Waals surface area contributed by atoms with Crippen molar-refractivity contribution in [3.05, 3.63) is 39.5 Å². The molecule has 188 valence electrons. The topological polar surface area (TPSA) is 52.3 Å². The molecule has 4 aliphatic carbocycles. The Hall–Kier alpha value is -2.19. The van der Waals surface area contributed by atoms with Crippen LogP contribution >= 0.6 is 28.6 Å². The maximum absolute atomic E-state index is 13.3. The van der Waals surface area contributed by atoms with Crippen LogP contribution in [0.25, 0.3) is 28.6 Å². The lowest BCUT2D eigenvalue weighted by atomic mass is 10.1. The van der Waals surface area contributed by atoms with Crippen LogP contribution < -0.4 is 4.74 Å². The molecule has 36 heavy (non-hydrogen) atoms. The van der Waals surface area contributed by atoms with Gasteiger partial charge in [0, 0.05) is 37.4 Å². The lowest BCUT2D eigenvalue weighted by molar-refractivity contribution is 0.0781. The molecule has 2 unspecified atom stereocenters. The first-order valence-electron chi connectivity index (χ1n) is 12.9. The number of imidazole rings is 1. The van der Waals surface area contributed by atoms with E-state index < -0.39 is 0 Å². The summed E-state index contributed by atoms with van der Waals surface area (Å²) in [7, 11) is 3.75. The predicted octanol–water partition coefficient (Wildman–Crippen LogP) is 5.39. The predicted molar refractivity (Wildman–Crippen MR) is 149 cm³/mol. The molecule has 6 nitrogen and oxygen atoms in total. The maximum atomic E-state index is 13.3. The number of hydrogen-bond donors (Lipinski definition) is 1. The summed E-state index contributed by atoms with van der Waals surface area (Å²) < 4.78 is 11.7. The van der Waals surface area contributed by atoms with E-state index in [1.165, 1.54) is 28.6 Å². The average molecular weight is 568 g/mol. The van der Waals surface area contributed by atoms with Crippen LogP contribution in [0.2, 0.25) is 0 Å². The molecule has 1 aromatic carbocycles. The monoisotopic (exact) mass is 566 g/mol. The van der Waals surface area contributed by atoms with Gasteiger partial charge in [-0.05, 0) is 89.9 Å². The number of piperidine rings is 1. The zero-order chi connectivity index (χ0) is 24.9. The summed E-state index contributed by atoms with van der Waals surface area (Å²) in [5.74, 6) is 4.93. The molecule has 1 amide bonds. The van der Waals surface area contributed by atoms with E-state index in [1.807, 2.05) is 12.1 Å². The van der Waals surface area contributed by atoms with Gasteiger partial charge in [0.15, 0.2) is 5.82 Å². The van der Waals surface area contributed by atoms with Gasteiger partial charge < -0.3 is 18.8 Å². The van der Waals surface area contributed by atoms with E-state index in [2.05, 4.69) is 61.8 Å². The fraction of sp³-hybridized carbons (Fsp3) is 0.500. The summed E-state index contributed by atoms with van der Waals surface area (Å²) >= 11 is 7.24. The molecular weight excluding hydrogens is 536 g/mol. The lowest BCUT2D eigenvalue weighted by Gasteiger charge is -2.17. The minimum atomic E-state index is 0.132. The first-order valence-corrected chi connectivity index (χ1v) is 14.6. The number of fused-ring (bicyclic) bond motifs is 3. The van der Waals surface area contributed by atoms with E-state index in [0.29, 0.717) is 17.4 Å². The Bertz CT molecular complexity index is 1430. The van der Waals surface area contributed by atoms with Crippen LogP contribution in [0.1, 0.15) is 40.9 Å². The second-order valence-corrected chi connectivity index (χ2v) is 11.9. The quantitative estimate of drug-likeness (QED) is 0.421. The van der Waals surface area contributed by atoms with E-state index in [1.54, 1.807) is 13.4 Å². The summed E-state index contributed by atoms with van der Waals surface area (Å²) in [6.07, 6.45) is 8.67. The van der Waals surface area contributed by atoms with Crippen molar-refractivity contribution < 1.29 is 9.53 Å². The highest BCUT2D eigenvalue weighted by molar-refractivity contribution is 9.11. The van der Waals surface area contributed by atoms with Gasteiger partial charge in [-0.1, -0.05) is 15.9 Å². The van der Waals surface area contributed by atoms with Gasteiger partial charge in [0.05, 0.1) is 18.3 Å². The highest BCUT2D eigenvalue weighted by Crippen LogP contribution is 2.75. The molecule has 0 radical (unpaired) electrons. The number of halogens is 1. The zero-order valence-corrected chi connectivity index (χ0v) is 23.3. The van der Waals surface area contributed by atoms with Crippen molar-refractivity contribution in [2.45, 2.75) is 38.3 Å². The van der Waals surface area contributed by atoms with Crippen molar-refractivity contribution in [3.8, 4) is 17.3 Å². The Balaban J connectivity index is 0.00000108. The highest BCUT2D eigenvalue weighted by Gasteiger charge is 2.81. The molecule has 5 fully saturated rings. The van der Waals surface area contributed by atoms with Crippen molar-refractivity contribution in [1.82, 2.24) is 19.0 Å². The van der Waals surface area contributed by atoms with Gasteiger partial charge in [-0.2, -0.15) is 12.6 Å². The number of aryl methyl sites for hydroxylation is 1. The first-order chi connectivity index (χ1) is 17.5. The minimum Gasteiger partial charge on any atom is -0.494 e. The van der Waals surface area contributed by atoms with Crippen LogP contribution in [0, 0.1) is 23.7 Å². The molecule has 2 bridgehead atoms. The van der Waals surface area contributed by atoms with Gasteiger partial charge in [-0.25, -0.2) is 4.98 Å². The summed E-state index contributed by atoms with van der Waals surface area (Å²) in [4.78, 5) is 20.5. The second-order valence-electron chi connectivity index (χ2n) is 10.9. The Morgan fingerprint density at radius 2 is 1.97 bits per heavy atom. The van der Waals surface area contributed by atoms with Gasteiger partial charge in [-0.3, -0.25) is 4.79 Å². The van der Waals surface area contributed by atoms with Crippen molar-refractivity contribution in [2.24, 2.45) is 30.7 Å². The number of rotatable bonds is 5. The van der Waals surface area contributed by atoms with Crippen molar-refractivity contribution >= 4 is 51.6 Å². The van der Waals surface area contributed by atoms with Crippen molar-refractivity contribution in [3.63, 3.8) is 0 Å². The Morgan fingerprint density at radius 1 is 1.19 bits per heavy atom. The van der Waals surface area contributed by atoms with Crippen LogP contribution in [0.3, 0.4) is 0 Å². The summed E-state index contributed by atoms with van der Waals surface area (Å²) in [6, 6.07) is 6.68. The number of hydrogen-bond acceptors (Lipinski definition) is 4. The van der Waals surface area contributed by atoms with E-state index in [0.717, 1.165) is 72.2 Å². The summed E-state index contributed by atoms with van der Waals surface area (Å²) in [6.45, 7) is 1.98. The van der Waals surface area contributed by atoms with Crippen LogP contribution in [-0.2, 0) is 20.0 Å². The van der Waals surface area contributed by atoms with E-state index >= 15 is 0 Å². The first kappa shape index (κ1) is 23.0. The standard InChI is InChI=1S/C27H27BrN4O2.CH4S/c1-30-24-18(8-15(10-21(24)34-2)27(33)32-12-17-22-23(17)25(22)32)29-26(30)20-9-14-7-16(28)5-6-19(14)31(20)11-13-3-4-13;1-2/h7-10,13,17,22-23,25H,3-6,11-12H2,1-2H3;2H,1H3. The molecule has 2 atom stereocenters. The molecule has 3 saturated carbocycles.